The number of hydrogen-bond acceptors (Lipinski definition) is 3. The average Bonchev–Trinajstić information content (AvgIpc) is 2.55. The molecule has 31 heavy (non-hydrogen) atoms. The van der Waals surface area contributed by atoms with E-state index < -0.39 is 0 Å². The molecule has 0 aromatic rings. The highest BCUT2D eigenvalue weighted by atomic mass is 15.0. The predicted octanol–water partition coefficient (Wildman–Crippen LogP) is 7.87. The monoisotopic (exact) mass is 433 g/mol. The molecule has 0 aromatic carbocycles. The van der Waals surface area contributed by atoms with E-state index in [0.29, 0.717) is 11.3 Å². The van der Waals surface area contributed by atoms with Crippen LogP contribution in [0.2, 0.25) is 0 Å². The average molecular weight is 434 g/mol. The molecule has 0 spiro atoms. The summed E-state index contributed by atoms with van der Waals surface area (Å²) in [5, 5.41) is 7.20. The smallest absolute Gasteiger partial charge is 0.0799 e. The number of rotatable bonds is 14. The van der Waals surface area contributed by atoms with Gasteiger partial charge in [-0.1, -0.05) is 88.3 Å². The van der Waals surface area contributed by atoms with E-state index in [1.54, 1.807) is 0 Å². The van der Waals surface area contributed by atoms with Gasteiger partial charge in [-0.3, -0.25) is 0 Å². The Bertz CT molecular complexity index is 639. The highest BCUT2D eigenvalue weighted by Crippen LogP contribution is 2.41. The van der Waals surface area contributed by atoms with Crippen molar-refractivity contribution in [1.29, 1.82) is 0 Å². The standard InChI is InChI=1S/C28H55N3/c1-15-28(14,16-2)19-27(12,13)31-22(6)24(21(5)29)30-23(7)26(10,11)18-25(8,9)17-20(3)4/h20,30-31H,6-7,15-19,29H2,1-5,8-14H3/b24-21+. The Morgan fingerprint density at radius 1 is 0.903 bits per heavy atom. The molecule has 0 aliphatic heterocycles. The minimum atomic E-state index is -0.0870. The van der Waals surface area contributed by atoms with Gasteiger partial charge in [-0.15, -0.1) is 0 Å². The van der Waals surface area contributed by atoms with E-state index in [4.69, 9.17) is 5.73 Å². The van der Waals surface area contributed by atoms with Gasteiger partial charge in [0.1, 0.15) is 0 Å². The van der Waals surface area contributed by atoms with Crippen LogP contribution in [0.15, 0.2) is 35.9 Å². The third-order valence-corrected chi connectivity index (χ3v) is 6.74. The van der Waals surface area contributed by atoms with Crippen molar-refractivity contribution in [3.63, 3.8) is 0 Å². The van der Waals surface area contributed by atoms with Crippen LogP contribution in [0.4, 0.5) is 0 Å². The molecule has 0 amide bonds. The summed E-state index contributed by atoms with van der Waals surface area (Å²) in [7, 11) is 0. The van der Waals surface area contributed by atoms with E-state index in [1.807, 2.05) is 6.92 Å². The summed E-state index contributed by atoms with van der Waals surface area (Å²) in [6.07, 6.45) is 5.64. The topological polar surface area (TPSA) is 50.1 Å². The van der Waals surface area contributed by atoms with Crippen molar-refractivity contribution >= 4 is 0 Å². The quantitative estimate of drug-likeness (QED) is 0.244. The minimum absolute atomic E-state index is 0.0715. The van der Waals surface area contributed by atoms with Gasteiger partial charge in [-0.05, 0) is 56.8 Å². The van der Waals surface area contributed by atoms with Crippen LogP contribution in [0, 0.1) is 22.2 Å². The van der Waals surface area contributed by atoms with Gasteiger partial charge in [-0.2, -0.15) is 0 Å². The molecule has 0 aliphatic rings. The van der Waals surface area contributed by atoms with Crippen LogP contribution < -0.4 is 16.4 Å². The highest BCUT2D eigenvalue weighted by molar-refractivity contribution is 5.33. The highest BCUT2D eigenvalue weighted by Gasteiger charge is 2.33. The fourth-order valence-corrected chi connectivity index (χ4v) is 5.29. The summed E-state index contributed by atoms with van der Waals surface area (Å²) in [5.74, 6) is 0.678. The van der Waals surface area contributed by atoms with Crippen LogP contribution in [-0.2, 0) is 0 Å². The molecule has 0 aromatic heterocycles. The first-order valence-electron chi connectivity index (χ1n) is 12.2. The van der Waals surface area contributed by atoms with E-state index in [0.717, 1.165) is 48.5 Å². The first-order valence-corrected chi connectivity index (χ1v) is 12.2. The lowest BCUT2D eigenvalue weighted by Gasteiger charge is -2.40. The lowest BCUT2D eigenvalue weighted by atomic mass is 9.70. The summed E-state index contributed by atoms with van der Waals surface area (Å²) in [4.78, 5) is 0. The molecule has 0 aliphatic carbocycles. The summed E-state index contributed by atoms with van der Waals surface area (Å²) in [6.45, 7) is 35.9. The second-order valence-corrected chi connectivity index (χ2v) is 12.7. The Kier molecular flexibility index (Phi) is 10.5. The van der Waals surface area contributed by atoms with Gasteiger partial charge in [0.15, 0.2) is 0 Å². The molecule has 0 saturated carbocycles. The number of nitrogens with one attached hydrogen (secondary N) is 2. The van der Waals surface area contributed by atoms with Crippen LogP contribution in [0.1, 0.15) is 115 Å². The van der Waals surface area contributed by atoms with Gasteiger partial charge < -0.3 is 16.4 Å². The van der Waals surface area contributed by atoms with E-state index >= 15 is 0 Å². The van der Waals surface area contributed by atoms with Gasteiger partial charge in [0, 0.05) is 22.3 Å². The van der Waals surface area contributed by atoms with Crippen LogP contribution in [0.3, 0.4) is 0 Å². The van der Waals surface area contributed by atoms with Crippen molar-refractivity contribution in [2.45, 2.75) is 121 Å². The molecule has 0 atom stereocenters. The largest absolute Gasteiger partial charge is 0.401 e. The number of hydrogen-bond donors (Lipinski definition) is 3. The predicted molar refractivity (Wildman–Crippen MR) is 140 cm³/mol. The van der Waals surface area contributed by atoms with Gasteiger partial charge in [0.2, 0.25) is 0 Å². The van der Waals surface area contributed by atoms with Crippen LogP contribution >= 0.6 is 0 Å². The molecule has 0 heterocycles. The molecule has 3 nitrogen and oxygen atoms in total. The van der Waals surface area contributed by atoms with Gasteiger partial charge in [0.25, 0.3) is 0 Å². The zero-order chi connectivity index (χ0) is 24.8. The molecule has 0 fully saturated rings. The summed E-state index contributed by atoms with van der Waals surface area (Å²) < 4.78 is 0. The fraction of sp³-hybridized carbons (Fsp3) is 0.786. The maximum absolute atomic E-state index is 6.30. The van der Waals surface area contributed by atoms with Gasteiger partial charge >= 0.3 is 0 Å². The van der Waals surface area contributed by atoms with E-state index in [-0.39, 0.29) is 16.4 Å². The van der Waals surface area contributed by atoms with E-state index in [2.05, 4.69) is 100.0 Å². The Labute approximate surface area is 195 Å². The fourth-order valence-electron chi connectivity index (χ4n) is 5.29. The molecular weight excluding hydrogens is 378 g/mol. The zero-order valence-electron chi connectivity index (χ0n) is 23.1. The van der Waals surface area contributed by atoms with E-state index in [9.17, 15) is 0 Å². The van der Waals surface area contributed by atoms with Crippen molar-refractivity contribution in [2.24, 2.45) is 27.9 Å². The first kappa shape index (κ1) is 29.6. The normalized spacial score (nSPS) is 14.4. The second-order valence-electron chi connectivity index (χ2n) is 12.7. The minimum Gasteiger partial charge on any atom is -0.401 e. The molecule has 0 rings (SSSR count). The molecule has 3 heteroatoms. The van der Waals surface area contributed by atoms with Crippen LogP contribution in [0.25, 0.3) is 0 Å². The Hall–Kier alpha value is -1.38. The van der Waals surface area contributed by atoms with Gasteiger partial charge in [0.05, 0.1) is 11.4 Å². The first-order chi connectivity index (χ1) is 13.8. The molecular formula is C28H55N3. The lowest BCUT2D eigenvalue weighted by molar-refractivity contribution is 0.185. The zero-order valence-corrected chi connectivity index (χ0v) is 23.1. The molecule has 182 valence electrons. The molecule has 0 unspecified atom stereocenters. The van der Waals surface area contributed by atoms with Crippen molar-refractivity contribution in [3.8, 4) is 0 Å². The van der Waals surface area contributed by atoms with Crippen molar-refractivity contribution < 1.29 is 0 Å². The van der Waals surface area contributed by atoms with E-state index in [1.165, 1.54) is 6.42 Å². The summed E-state index contributed by atoms with van der Waals surface area (Å²) >= 11 is 0. The maximum atomic E-state index is 6.30. The van der Waals surface area contributed by atoms with Crippen LogP contribution in [0.5, 0.6) is 0 Å². The Balaban J connectivity index is 5.45. The number of allylic oxidation sites excluding steroid dienone is 2. The Morgan fingerprint density at radius 3 is 1.77 bits per heavy atom. The van der Waals surface area contributed by atoms with Crippen LogP contribution in [-0.4, -0.2) is 5.54 Å². The van der Waals surface area contributed by atoms with Crippen molar-refractivity contribution in [1.82, 2.24) is 10.6 Å². The lowest BCUT2D eigenvalue weighted by Crippen LogP contribution is -2.44. The third-order valence-electron chi connectivity index (χ3n) is 6.74. The Morgan fingerprint density at radius 2 is 1.39 bits per heavy atom. The SMILES string of the molecule is C=C(NC(C)(C)CC(C)(CC)CC)/C(NC(=C)C(C)(C)CC(C)(C)CC(C)C)=C(/C)N. The number of nitrogens with two attached hydrogens (primary N) is 1. The third kappa shape index (κ3) is 10.2. The molecule has 4 N–H and O–H groups in total. The molecule has 0 radical (unpaired) electrons. The molecule has 0 bridgehead atoms. The second kappa shape index (κ2) is 11.0. The van der Waals surface area contributed by atoms with Gasteiger partial charge in [-0.25, -0.2) is 0 Å². The van der Waals surface area contributed by atoms with Crippen molar-refractivity contribution in [3.05, 3.63) is 35.9 Å². The molecule has 0 saturated heterocycles. The van der Waals surface area contributed by atoms with Crippen molar-refractivity contribution in [2.75, 3.05) is 0 Å². The maximum Gasteiger partial charge on any atom is 0.0799 e. The summed E-state index contributed by atoms with van der Waals surface area (Å²) in [6, 6.07) is 0. The summed E-state index contributed by atoms with van der Waals surface area (Å²) in [5.41, 5.74) is 10.1.